The summed E-state index contributed by atoms with van der Waals surface area (Å²) in [6.07, 6.45) is 1.68. The second-order valence-electron chi connectivity index (χ2n) is 4.57. The number of nitrogens with zero attached hydrogens (tertiary/aromatic N) is 2. The second-order valence-corrected chi connectivity index (χ2v) is 4.57. The third-order valence-corrected chi connectivity index (χ3v) is 3.09. The van der Waals surface area contributed by atoms with Gasteiger partial charge in [-0.3, -0.25) is 0 Å². The first-order valence-electron chi connectivity index (χ1n) is 6.12. The summed E-state index contributed by atoms with van der Waals surface area (Å²) >= 11 is 0. The summed E-state index contributed by atoms with van der Waals surface area (Å²) in [7, 11) is 3.99. The van der Waals surface area contributed by atoms with Crippen LogP contribution in [0.5, 0.6) is 0 Å². The van der Waals surface area contributed by atoms with Gasteiger partial charge in [0.05, 0.1) is 12.1 Å². The Hall–Kier alpha value is -1.51. The summed E-state index contributed by atoms with van der Waals surface area (Å²) in [6.45, 7) is 2.04. The highest BCUT2D eigenvalue weighted by atomic mass is 19.1. The van der Waals surface area contributed by atoms with Gasteiger partial charge in [0.25, 0.3) is 0 Å². The topological polar surface area (TPSA) is 39.5 Å². The van der Waals surface area contributed by atoms with Gasteiger partial charge in [0.1, 0.15) is 5.82 Å². The SMILES string of the molecule is CCC(CC(c1ccc(F)cc1)N(C)C)N=C=N. The first-order valence-corrected chi connectivity index (χ1v) is 6.12. The maximum absolute atomic E-state index is 12.9. The Morgan fingerprint density at radius 2 is 1.94 bits per heavy atom. The van der Waals surface area contributed by atoms with Gasteiger partial charge in [0.2, 0.25) is 0 Å². The van der Waals surface area contributed by atoms with Gasteiger partial charge in [-0.15, -0.1) is 0 Å². The molecule has 0 bridgehead atoms. The summed E-state index contributed by atoms with van der Waals surface area (Å²) in [4.78, 5) is 6.12. The van der Waals surface area contributed by atoms with Crippen molar-refractivity contribution < 1.29 is 4.39 Å². The lowest BCUT2D eigenvalue weighted by atomic mass is 9.97. The van der Waals surface area contributed by atoms with Crippen LogP contribution in [0.3, 0.4) is 0 Å². The lowest BCUT2D eigenvalue weighted by Gasteiger charge is -2.26. The summed E-state index contributed by atoms with van der Waals surface area (Å²) in [6, 6.07) is 8.95. The summed E-state index contributed by atoms with van der Waals surface area (Å²) in [5.74, 6) is -0.221. The molecule has 0 saturated heterocycles. The van der Waals surface area contributed by atoms with Gasteiger partial charge < -0.3 is 4.90 Å². The molecule has 0 aliphatic heterocycles. The van der Waals surface area contributed by atoms with Crippen molar-refractivity contribution in [2.75, 3.05) is 14.1 Å². The average molecular weight is 249 g/mol. The van der Waals surface area contributed by atoms with Crippen LogP contribution in [-0.4, -0.2) is 31.0 Å². The zero-order chi connectivity index (χ0) is 13.5. The van der Waals surface area contributed by atoms with E-state index < -0.39 is 0 Å². The number of hydrogen-bond donors (Lipinski definition) is 1. The zero-order valence-electron chi connectivity index (χ0n) is 11.2. The molecule has 0 heterocycles. The Kier molecular flexibility index (Phi) is 5.69. The van der Waals surface area contributed by atoms with E-state index in [2.05, 4.69) is 15.9 Å². The van der Waals surface area contributed by atoms with Crippen molar-refractivity contribution in [1.82, 2.24) is 4.90 Å². The molecule has 18 heavy (non-hydrogen) atoms. The standard InChI is InChI=1S/C14H20FN3/c1-4-13(17-10-16)9-14(18(2)3)11-5-7-12(15)8-6-11/h5-8,13-14,16H,4,9H2,1-3H3. The van der Waals surface area contributed by atoms with Crippen molar-refractivity contribution in [2.24, 2.45) is 4.99 Å². The second kappa shape index (κ2) is 7.04. The van der Waals surface area contributed by atoms with Crippen molar-refractivity contribution in [1.29, 1.82) is 5.41 Å². The van der Waals surface area contributed by atoms with Crippen LogP contribution in [0.4, 0.5) is 4.39 Å². The van der Waals surface area contributed by atoms with E-state index in [4.69, 9.17) is 5.41 Å². The summed E-state index contributed by atoms with van der Waals surface area (Å²) in [5.41, 5.74) is 1.07. The number of benzene rings is 1. The van der Waals surface area contributed by atoms with E-state index in [1.54, 1.807) is 12.1 Å². The smallest absolute Gasteiger partial charge is 0.123 e. The predicted octanol–water partition coefficient (Wildman–Crippen LogP) is 3.35. The lowest BCUT2D eigenvalue weighted by Crippen LogP contribution is -2.24. The van der Waals surface area contributed by atoms with Gasteiger partial charge in [0.15, 0.2) is 0 Å². The number of aliphatic imine (C=N–C) groups is 1. The van der Waals surface area contributed by atoms with E-state index >= 15 is 0 Å². The highest BCUT2D eigenvalue weighted by Crippen LogP contribution is 2.25. The average Bonchev–Trinajstić information content (AvgIpc) is 2.35. The van der Waals surface area contributed by atoms with E-state index in [1.807, 2.05) is 21.0 Å². The highest BCUT2D eigenvalue weighted by Gasteiger charge is 2.18. The number of hydrogen-bond acceptors (Lipinski definition) is 3. The van der Waals surface area contributed by atoms with Gasteiger partial charge in [-0.05, 0) is 44.6 Å². The number of nitrogens with one attached hydrogen (secondary N) is 1. The normalized spacial score (nSPS) is 14.1. The summed E-state index contributed by atoms with van der Waals surface area (Å²) in [5, 5.41) is 6.94. The monoisotopic (exact) mass is 249 g/mol. The molecular formula is C14H20FN3. The van der Waals surface area contributed by atoms with E-state index in [9.17, 15) is 4.39 Å². The molecule has 2 unspecified atom stereocenters. The third kappa shape index (κ3) is 4.06. The van der Waals surface area contributed by atoms with Gasteiger partial charge in [-0.2, -0.15) is 0 Å². The molecule has 0 amide bonds. The summed E-state index contributed by atoms with van der Waals surface area (Å²) < 4.78 is 12.9. The van der Waals surface area contributed by atoms with Crippen LogP contribution in [0.15, 0.2) is 29.3 Å². The van der Waals surface area contributed by atoms with Crippen LogP contribution in [0.1, 0.15) is 31.4 Å². The molecule has 2 atom stereocenters. The van der Waals surface area contributed by atoms with Gasteiger partial charge in [0, 0.05) is 6.04 Å². The van der Waals surface area contributed by atoms with E-state index in [0.717, 1.165) is 18.4 Å². The minimum absolute atomic E-state index is 0.0833. The highest BCUT2D eigenvalue weighted by molar-refractivity contribution is 5.36. The van der Waals surface area contributed by atoms with Crippen LogP contribution in [0, 0.1) is 11.2 Å². The van der Waals surface area contributed by atoms with Crippen molar-refractivity contribution in [2.45, 2.75) is 31.8 Å². The Bertz CT molecular complexity index is 408. The largest absolute Gasteiger partial charge is 0.302 e. The molecule has 1 rings (SSSR count). The fraction of sp³-hybridized carbons (Fsp3) is 0.500. The van der Waals surface area contributed by atoms with Gasteiger partial charge >= 0.3 is 0 Å². The van der Waals surface area contributed by atoms with Crippen LogP contribution >= 0.6 is 0 Å². The van der Waals surface area contributed by atoms with Crippen molar-refractivity contribution in [3.05, 3.63) is 35.6 Å². The Balaban J connectivity index is 2.88. The first-order chi connectivity index (χ1) is 8.58. The first kappa shape index (κ1) is 14.6. The van der Waals surface area contributed by atoms with E-state index in [0.29, 0.717) is 0 Å². The number of rotatable bonds is 6. The molecule has 0 aromatic heterocycles. The molecule has 0 aliphatic carbocycles. The van der Waals surface area contributed by atoms with Crippen molar-refractivity contribution in [3.8, 4) is 0 Å². The van der Waals surface area contributed by atoms with Crippen molar-refractivity contribution >= 4 is 6.01 Å². The Morgan fingerprint density at radius 1 is 1.33 bits per heavy atom. The maximum Gasteiger partial charge on any atom is 0.123 e. The van der Waals surface area contributed by atoms with Gasteiger partial charge in [-0.25, -0.2) is 14.8 Å². The van der Waals surface area contributed by atoms with Crippen LogP contribution in [0.25, 0.3) is 0 Å². The molecule has 98 valence electrons. The van der Waals surface area contributed by atoms with Crippen LogP contribution < -0.4 is 0 Å². The van der Waals surface area contributed by atoms with E-state index in [-0.39, 0.29) is 17.9 Å². The molecular weight excluding hydrogens is 229 g/mol. The quantitative estimate of drug-likeness (QED) is 0.771. The molecule has 1 N–H and O–H groups in total. The van der Waals surface area contributed by atoms with E-state index in [1.165, 1.54) is 12.1 Å². The third-order valence-electron chi connectivity index (χ3n) is 3.09. The minimum atomic E-state index is -0.221. The molecule has 0 saturated carbocycles. The molecule has 0 spiro atoms. The molecule has 0 aliphatic rings. The maximum atomic E-state index is 12.9. The predicted molar refractivity (Wildman–Crippen MR) is 71.7 cm³/mol. The number of halogens is 1. The van der Waals surface area contributed by atoms with Crippen molar-refractivity contribution in [3.63, 3.8) is 0 Å². The van der Waals surface area contributed by atoms with Gasteiger partial charge in [-0.1, -0.05) is 19.1 Å². The fourth-order valence-corrected chi connectivity index (χ4v) is 1.99. The molecule has 3 nitrogen and oxygen atoms in total. The Morgan fingerprint density at radius 3 is 2.39 bits per heavy atom. The van der Waals surface area contributed by atoms with Crippen LogP contribution in [-0.2, 0) is 0 Å². The Labute approximate surface area is 108 Å². The molecule has 0 fully saturated rings. The minimum Gasteiger partial charge on any atom is -0.302 e. The molecule has 0 radical (unpaired) electrons. The molecule has 1 aromatic rings. The zero-order valence-corrected chi connectivity index (χ0v) is 11.2. The fourth-order valence-electron chi connectivity index (χ4n) is 1.99. The molecule has 1 aromatic carbocycles. The molecule has 4 heteroatoms. The van der Waals surface area contributed by atoms with Crippen LogP contribution in [0.2, 0.25) is 0 Å². The lowest BCUT2D eigenvalue weighted by molar-refractivity contribution is 0.267.